The third-order valence-electron chi connectivity index (χ3n) is 2.46. The van der Waals surface area contributed by atoms with Crippen molar-refractivity contribution < 1.29 is 14.7 Å². The maximum Gasteiger partial charge on any atom is 0.231 e. The Kier molecular flexibility index (Phi) is 3.08. The molecule has 0 bridgehead atoms. The van der Waals surface area contributed by atoms with Crippen molar-refractivity contribution in [3.63, 3.8) is 0 Å². The molecule has 82 valence electrons. The van der Waals surface area contributed by atoms with Gasteiger partial charge in [-0.15, -0.1) is 0 Å². The average molecular weight is 209 g/mol. The lowest BCUT2D eigenvalue weighted by molar-refractivity contribution is 0.151. The van der Waals surface area contributed by atoms with Gasteiger partial charge in [0.25, 0.3) is 0 Å². The van der Waals surface area contributed by atoms with E-state index in [1.165, 1.54) is 5.56 Å². The second kappa shape index (κ2) is 4.51. The number of ether oxygens (including phenoxy) is 2. The van der Waals surface area contributed by atoms with Gasteiger partial charge in [-0.25, -0.2) is 5.48 Å². The van der Waals surface area contributed by atoms with Gasteiger partial charge in [-0.1, -0.05) is 13.0 Å². The highest BCUT2D eigenvalue weighted by molar-refractivity contribution is 5.44. The van der Waals surface area contributed by atoms with E-state index in [4.69, 9.17) is 14.7 Å². The van der Waals surface area contributed by atoms with E-state index in [1.807, 2.05) is 18.2 Å². The van der Waals surface area contributed by atoms with Crippen LogP contribution < -0.4 is 15.0 Å². The maximum absolute atomic E-state index is 8.57. The normalized spacial score (nSPS) is 15.3. The molecule has 2 rings (SSSR count). The largest absolute Gasteiger partial charge is 0.454 e. The van der Waals surface area contributed by atoms with Crippen LogP contribution in [0, 0.1) is 5.92 Å². The molecular weight excluding hydrogens is 194 g/mol. The van der Waals surface area contributed by atoms with Crippen LogP contribution >= 0.6 is 0 Å². The minimum atomic E-state index is 0.312. The fourth-order valence-electron chi connectivity index (χ4n) is 1.70. The van der Waals surface area contributed by atoms with E-state index in [-0.39, 0.29) is 0 Å². The molecule has 1 aliphatic heterocycles. The minimum absolute atomic E-state index is 0.312. The van der Waals surface area contributed by atoms with Gasteiger partial charge in [0.1, 0.15) is 0 Å². The van der Waals surface area contributed by atoms with E-state index in [0.717, 1.165) is 17.9 Å². The summed E-state index contributed by atoms with van der Waals surface area (Å²) in [6.45, 7) is 2.98. The molecule has 1 heterocycles. The summed E-state index contributed by atoms with van der Waals surface area (Å²) in [5.41, 5.74) is 3.38. The Hall–Kier alpha value is -1.26. The molecule has 15 heavy (non-hydrogen) atoms. The van der Waals surface area contributed by atoms with Crippen LogP contribution in [-0.4, -0.2) is 18.5 Å². The molecular formula is C11H15NO3. The zero-order chi connectivity index (χ0) is 10.7. The summed E-state index contributed by atoms with van der Waals surface area (Å²) in [5, 5.41) is 8.57. The molecule has 4 nitrogen and oxygen atoms in total. The fraction of sp³-hybridized carbons (Fsp3) is 0.455. The number of hydrogen-bond acceptors (Lipinski definition) is 4. The third kappa shape index (κ3) is 2.40. The van der Waals surface area contributed by atoms with Gasteiger partial charge in [0.2, 0.25) is 6.79 Å². The van der Waals surface area contributed by atoms with Crippen molar-refractivity contribution in [1.29, 1.82) is 0 Å². The minimum Gasteiger partial charge on any atom is -0.454 e. The number of hydrogen-bond donors (Lipinski definition) is 2. The van der Waals surface area contributed by atoms with Crippen LogP contribution in [0.3, 0.4) is 0 Å². The molecule has 1 aromatic rings. The number of hydroxylamine groups is 1. The molecule has 0 saturated carbocycles. The monoisotopic (exact) mass is 209 g/mol. The lowest BCUT2D eigenvalue weighted by Gasteiger charge is -2.10. The highest BCUT2D eigenvalue weighted by atomic mass is 16.7. The van der Waals surface area contributed by atoms with E-state index in [2.05, 4.69) is 12.4 Å². The topological polar surface area (TPSA) is 50.7 Å². The summed E-state index contributed by atoms with van der Waals surface area (Å²) in [4.78, 5) is 0. The number of benzene rings is 1. The average Bonchev–Trinajstić information content (AvgIpc) is 2.65. The molecule has 0 aromatic heterocycles. The summed E-state index contributed by atoms with van der Waals surface area (Å²) < 4.78 is 10.5. The van der Waals surface area contributed by atoms with Crippen LogP contribution in [0.4, 0.5) is 0 Å². The second-order valence-corrected chi connectivity index (χ2v) is 3.86. The van der Waals surface area contributed by atoms with Crippen molar-refractivity contribution in [2.45, 2.75) is 13.3 Å². The van der Waals surface area contributed by atoms with Crippen LogP contribution in [-0.2, 0) is 6.42 Å². The summed E-state index contributed by atoms with van der Waals surface area (Å²) in [5.74, 6) is 2.01. The highest BCUT2D eigenvalue weighted by Gasteiger charge is 2.13. The first-order valence-electron chi connectivity index (χ1n) is 5.05. The van der Waals surface area contributed by atoms with Crippen LogP contribution in [0.1, 0.15) is 12.5 Å². The van der Waals surface area contributed by atoms with Gasteiger partial charge in [0, 0.05) is 6.54 Å². The molecule has 1 aliphatic rings. The Morgan fingerprint density at radius 3 is 3.00 bits per heavy atom. The summed E-state index contributed by atoms with van der Waals surface area (Å²) in [6.07, 6.45) is 0.907. The van der Waals surface area contributed by atoms with Gasteiger partial charge in [0.05, 0.1) is 0 Å². The maximum atomic E-state index is 8.57. The smallest absolute Gasteiger partial charge is 0.231 e. The Bertz CT molecular complexity index is 341. The van der Waals surface area contributed by atoms with E-state index >= 15 is 0 Å². The molecule has 1 atom stereocenters. The number of nitrogens with one attached hydrogen (secondary N) is 1. The van der Waals surface area contributed by atoms with Gasteiger partial charge in [-0.2, -0.15) is 0 Å². The van der Waals surface area contributed by atoms with Crippen LogP contribution in [0.15, 0.2) is 18.2 Å². The van der Waals surface area contributed by atoms with Crippen LogP contribution in [0.2, 0.25) is 0 Å². The number of rotatable bonds is 4. The predicted octanol–water partition coefficient (Wildman–Crippen LogP) is 1.57. The van der Waals surface area contributed by atoms with Crippen molar-refractivity contribution in [1.82, 2.24) is 5.48 Å². The summed E-state index contributed by atoms with van der Waals surface area (Å²) in [6, 6.07) is 5.95. The highest BCUT2D eigenvalue weighted by Crippen LogP contribution is 2.32. The van der Waals surface area contributed by atoms with Gasteiger partial charge in [-0.3, -0.25) is 0 Å². The molecule has 0 aliphatic carbocycles. The zero-order valence-corrected chi connectivity index (χ0v) is 8.69. The lowest BCUT2D eigenvalue weighted by atomic mass is 10.0. The van der Waals surface area contributed by atoms with Crippen molar-refractivity contribution in [3.8, 4) is 11.5 Å². The molecule has 0 amide bonds. The lowest BCUT2D eigenvalue weighted by Crippen LogP contribution is -2.18. The summed E-state index contributed by atoms with van der Waals surface area (Å²) >= 11 is 0. The van der Waals surface area contributed by atoms with Crippen molar-refractivity contribution in [2.24, 2.45) is 5.92 Å². The first kappa shape index (κ1) is 10.3. The van der Waals surface area contributed by atoms with Crippen LogP contribution in [0.25, 0.3) is 0 Å². The summed E-state index contributed by atoms with van der Waals surface area (Å²) in [7, 11) is 0. The Labute approximate surface area is 88.8 Å². The van der Waals surface area contributed by atoms with Gasteiger partial charge < -0.3 is 14.7 Å². The van der Waals surface area contributed by atoms with E-state index in [9.17, 15) is 0 Å². The first-order chi connectivity index (χ1) is 7.29. The zero-order valence-electron chi connectivity index (χ0n) is 8.69. The fourth-order valence-corrected chi connectivity index (χ4v) is 1.70. The van der Waals surface area contributed by atoms with Gasteiger partial charge in [-0.05, 0) is 30.0 Å². The Balaban J connectivity index is 2.03. The molecule has 1 aromatic carbocycles. The second-order valence-electron chi connectivity index (χ2n) is 3.86. The quantitative estimate of drug-likeness (QED) is 0.739. The molecule has 0 radical (unpaired) electrons. The SMILES string of the molecule is CC(CNO)Cc1ccc2c(c1)OCO2. The molecule has 0 saturated heterocycles. The standard InChI is InChI=1S/C11H15NO3/c1-8(6-12-13)4-9-2-3-10-11(5-9)15-7-14-10/h2-3,5,8,12-13H,4,6-7H2,1H3. The van der Waals surface area contributed by atoms with Crippen LogP contribution in [0.5, 0.6) is 11.5 Å². The van der Waals surface area contributed by atoms with Crippen molar-refractivity contribution in [2.75, 3.05) is 13.3 Å². The van der Waals surface area contributed by atoms with E-state index in [0.29, 0.717) is 19.3 Å². The molecule has 0 fully saturated rings. The predicted molar refractivity (Wildman–Crippen MR) is 55.2 cm³/mol. The Morgan fingerprint density at radius 2 is 2.20 bits per heavy atom. The third-order valence-corrected chi connectivity index (χ3v) is 2.46. The first-order valence-corrected chi connectivity index (χ1v) is 5.05. The molecule has 4 heteroatoms. The molecule has 0 spiro atoms. The van der Waals surface area contributed by atoms with Gasteiger partial charge in [0.15, 0.2) is 11.5 Å². The number of fused-ring (bicyclic) bond motifs is 1. The molecule has 1 unspecified atom stereocenters. The van der Waals surface area contributed by atoms with Gasteiger partial charge >= 0.3 is 0 Å². The van der Waals surface area contributed by atoms with Crippen molar-refractivity contribution >= 4 is 0 Å². The molecule has 2 N–H and O–H groups in total. The van der Waals surface area contributed by atoms with E-state index < -0.39 is 0 Å². The van der Waals surface area contributed by atoms with E-state index in [1.54, 1.807) is 0 Å². The van der Waals surface area contributed by atoms with Crippen molar-refractivity contribution in [3.05, 3.63) is 23.8 Å². The Morgan fingerprint density at radius 1 is 1.40 bits per heavy atom.